The molecule has 0 radical (unpaired) electrons. The Hall–Kier alpha value is -1.78. The maximum atomic E-state index is 11.2. The van der Waals surface area contributed by atoms with Gasteiger partial charge < -0.3 is 9.47 Å². The van der Waals surface area contributed by atoms with Gasteiger partial charge in [-0.1, -0.05) is 4.68 Å². The summed E-state index contributed by atoms with van der Waals surface area (Å²) in [6, 6.07) is 1.53. The van der Waals surface area contributed by atoms with Gasteiger partial charge in [0.05, 0.1) is 14.2 Å². The molecule has 0 amide bonds. The Morgan fingerprint density at radius 2 is 2.23 bits per heavy atom. The summed E-state index contributed by atoms with van der Waals surface area (Å²) in [5, 5.41) is 0. The fourth-order valence-corrected chi connectivity index (χ4v) is 0.932. The van der Waals surface area contributed by atoms with Crippen molar-refractivity contribution in [1.29, 1.82) is 0 Å². The molecular weight excluding hydrogens is 172 g/mol. The van der Waals surface area contributed by atoms with Gasteiger partial charge in [-0.25, -0.2) is 10.6 Å². The van der Waals surface area contributed by atoms with Gasteiger partial charge >= 0.3 is 5.97 Å². The second kappa shape index (κ2) is 3.75. The molecule has 1 rings (SSSR count). The minimum absolute atomic E-state index is 0.353. The van der Waals surface area contributed by atoms with Crippen LogP contribution in [0.15, 0.2) is 18.5 Å². The minimum atomic E-state index is -0.447. The summed E-state index contributed by atoms with van der Waals surface area (Å²) in [7, 11) is 2.77. The molecule has 0 bridgehead atoms. The number of esters is 1. The molecule has 5 nitrogen and oxygen atoms in total. The molecule has 2 N–H and O–H groups in total. The lowest BCUT2D eigenvalue weighted by atomic mass is 10.2. The summed E-state index contributed by atoms with van der Waals surface area (Å²) in [5.74, 6) is 5.37. The SMILES string of the molecule is COC(=O)c1cc[n+](N)cc1OC. The number of hydrogen-bond donors (Lipinski definition) is 1. The number of nitrogen functional groups attached to an aromatic ring is 1. The summed E-state index contributed by atoms with van der Waals surface area (Å²) in [6.07, 6.45) is 3.03. The first-order chi connectivity index (χ1) is 6.19. The largest absolute Gasteiger partial charge is 0.490 e. The molecule has 0 saturated heterocycles. The highest BCUT2D eigenvalue weighted by Crippen LogP contribution is 2.14. The van der Waals surface area contributed by atoms with Crippen molar-refractivity contribution in [3.63, 3.8) is 0 Å². The van der Waals surface area contributed by atoms with Crippen LogP contribution in [0.4, 0.5) is 0 Å². The fourth-order valence-electron chi connectivity index (χ4n) is 0.932. The number of carbonyl (C=O) groups is 1. The van der Waals surface area contributed by atoms with E-state index in [0.717, 1.165) is 0 Å². The number of methoxy groups -OCH3 is 2. The van der Waals surface area contributed by atoms with Crippen LogP contribution in [0.5, 0.6) is 5.75 Å². The molecule has 1 aromatic heterocycles. The van der Waals surface area contributed by atoms with Crippen LogP contribution in [0.3, 0.4) is 0 Å². The molecule has 0 saturated carbocycles. The third kappa shape index (κ3) is 1.87. The molecule has 13 heavy (non-hydrogen) atoms. The van der Waals surface area contributed by atoms with Crippen molar-refractivity contribution in [1.82, 2.24) is 0 Å². The van der Waals surface area contributed by atoms with Gasteiger partial charge in [0.15, 0.2) is 11.9 Å². The van der Waals surface area contributed by atoms with Gasteiger partial charge in [-0.05, 0) is 0 Å². The smallest absolute Gasteiger partial charge is 0.342 e. The number of nitrogens with two attached hydrogens (primary N) is 1. The molecule has 0 unspecified atom stereocenters. The number of rotatable bonds is 2. The van der Waals surface area contributed by atoms with Crippen LogP contribution in [0.25, 0.3) is 0 Å². The molecule has 0 aliphatic rings. The average Bonchev–Trinajstić information content (AvgIpc) is 2.16. The van der Waals surface area contributed by atoms with E-state index in [9.17, 15) is 4.79 Å². The number of hydrogen-bond acceptors (Lipinski definition) is 4. The molecule has 1 heterocycles. The summed E-state index contributed by atoms with van der Waals surface area (Å²) in [4.78, 5) is 11.2. The normalized spacial score (nSPS) is 9.38. The highest BCUT2D eigenvalue weighted by atomic mass is 16.5. The minimum Gasteiger partial charge on any atom is -0.490 e. The summed E-state index contributed by atoms with van der Waals surface area (Å²) in [6.45, 7) is 0. The Bertz CT molecular complexity index is 325. The van der Waals surface area contributed by atoms with E-state index in [1.54, 1.807) is 0 Å². The van der Waals surface area contributed by atoms with E-state index in [-0.39, 0.29) is 0 Å². The Balaban J connectivity index is 3.13. The van der Waals surface area contributed by atoms with Gasteiger partial charge in [-0.15, -0.1) is 0 Å². The maximum Gasteiger partial charge on any atom is 0.342 e. The number of pyridine rings is 1. The van der Waals surface area contributed by atoms with Gasteiger partial charge in [0.1, 0.15) is 5.56 Å². The predicted molar refractivity (Wildman–Crippen MR) is 44.7 cm³/mol. The number of ether oxygens (including phenoxy) is 2. The Morgan fingerprint density at radius 3 is 2.77 bits per heavy atom. The third-order valence-corrected chi connectivity index (χ3v) is 1.57. The molecule has 70 valence electrons. The zero-order chi connectivity index (χ0) is 9.84. The zero-order valence-electron chi connectivity index (χ0n) is 7.48. The van der Waals surface area contributed by atoms with Crippen molar-refractivity contribution < 1.29 is 18.9 Å². The Labute approximate surface area is 75.7 Å². The molecule has 5 heteroatoms. The molecule has 0 aromatic carbocycles. The predicted octanol–water partition coefficient (Wildman–Crippen LogP) is -0.517. The number of carbonyl (C=O) groups excluding carboxylic acids is 1. The van der Waals surface area contributed by atoms with Gasteiger partial charge in [-0.3, -0.25) is 0 Å². The molecule has 0 fully saturated rings. The highest BCUT2D eigenvalue weighted by Gasteiger charge is 2.15. The summed E-state index contributed by atoms with van der Waals surface area (Å²) in [5.41, 5.74) is 0.353. The first kappa shape index (κ1) is 9.31. The molecule has 1 aromatic rings. The molecule has 0 aliphatic carbocycles. The van der Waals surface area contributed by atoms with Crippen molar-refractivity contribution in [3.8, 4) is 5.75 Å². The summed E-state index contributed by atoms with van der Waals surface area (Å²) >= 11 is 0. The molecule has 0 aliphatic heterocycles. The third-order valence-electron chi connectivity index (χ3n) is 1.57. The van der Waals surface area contributed by atoms with Crippen LogP contribution in [-0.2, 0) is 4.74 Å². The van der Waals surface area contributed by atoms with Crippen LogP contribution in [0, 0.1) is 0 Å². The van der Waals surface area contributed by atoms with Crippen LogP contribution < -0.4 is 15.3 Å². The molecule has 0 atom stereocenters. The van der Waals surface area contributed by atoms with E-state index in [0.29, 0.717) is 11.3 Å². The zero-order valence-corrected chi connectivity index (χ0v) is 7.48. The lowest BCUT2D eigenvalue weighted by Crippen LogP contribution is -2.43. The maximum absolute atomic E-state index is 11.2. The second-order valence-electron chi connectivity index (χ2n) is 2.37. The topological polar surface area (TPSA) is 65.4 Å². The lowest BCUT2D eigenvalue weighted by molar-refractivity contribution is -0.639. The van der Waals surface area contributed by atoms with Crippen molar-refractivity contribution in [2.45, 2.75) is 0 Å². The van der Waals surface area contributed by atoms with Gasteiger partial charge in [-0.2, -0.15) is 0 Å². The van der Waals surface area contributed by atoms with E-state index in [4.69, 9.17) is 10.6 Å². The van der Waals surface area contributed by atoms with E-state index >= 15 is 0 Å². The van der Waals surface area contributed by atoms with Crippen molar-refractivity contribution in [2.24, 2.45) is 0 Å². The quantitative estimate of drug-likeness (QED) is 0.381. The Morgan fingerprint density at radius 1 is 1.54 bits per heavy atom. The fraction of sp³-hybridized carbons (Fsp3) is 0.250. The van der Waals surface area contributed by atoms with Crippen molar-refractivity contribution in [3.05, 3.63) is 24.0 Å². The van der Waals surface area contributed by atoms with Gasteiger partial charge in [0.2, 0.25) is 6.20 Å². The molecule has 0 spiro atoms. The summed E-state index contributed by atoms with van der Waals surface area (Å²) < 4.78 is 10.8. The van der Waals surface area contributed by atoms with E-state index in [2.05, 4.69) is 4.74 Å². The van der Waals surface area contributed by atoms with E-state index < -0.39 is 5.97 Å². The standard InChI is InChI=1S/C8H10N2O3/c1-12-7-5-10(9)4-3-6(7)8(11)13-2/h3-5H,1-2H3,(H-,9,11)/p+1. The van der Waals surface area contributed by atoms with Crippen LogP contribution >= 0.6 is 0 Å². The average molecular weight is 183 g/mol. The second-order valence-corrected chi connectivity index (χ2v) is 2.37. The Kier molecular flexibility index (Phi) is 2.69. The van der Waals surface area contributed by atoms with Gasteiger partial charge in [0, 0.05) is 6.07 Å². The van der Waals surface area contributed by atoms with E-state index in [1.165, 1.54) is 37.4 Å². The van der Waals surface area contributed by atoms with Crippen molar-refractivity contribution >= 4 is 5.97 Å². The van der Waals surface area contributed by atoms with Crippen LogP contribution in [0.2, 0.25) is 0 Å². The van der Waals surface area contributed by atoms with Crippen molar-refractivity contribution in [2.75, 3.05) is 20.1 Å². The molecular formula is C8H11N2O3+. The highest BCUT2D eigenvalue weighted by molar-refractivity contribution is 5.91. The van der Waals surface area contributed by atoms with Gasteiger partial charge in [0.25, 0.3) is 0 Å². The first-order valence-electron chi connectivity index (χ1n) is 3.61. The van der Waals surface area contributed by atoms with Crippen LogP contribution in [0.1, 0.15) is 10.4 Å². The monoisotopic (exact) mass is 183 g/mol. The number of aromatic nitrogens is 1. The van der Waals surface area contributed by atoms with E-state index in [1.807, 2.05) is 0 Å². The lowest BCUT2D eigenvalue weighted by Gasteiger charge is -2.02. The van der Waals surface area contributed by atoms with Crippen LogP contribution in [-0.4, -0.2) is 20.2 Å². The first-order valence-corrected chi connectivity index (χ1v) is 3.61. The number of nitrogens with zero attached hydrogens (tertiary/aromatic N) is 1.